The summed E-state index contributed by atoms with van der Waals surface area (Å²) in [5, 5.41) is 2.86. The molecule has 0 aliphatic rings. The van der Waals surface area contributed by atoms with E-state index in [2.05, 4.69) is 5.32 Å². The maximum Gasteiger partial charge on any atom is 0.257 e. The highest BCUT2D eigenvalue weighted by Gasteiger charge is 2.08. The zero-order valence-corrected chi connectivity index (χ0v) is 9.17. The Balaban J connectivity index is 2.61. The van der Waals surface area contributed by atoms with Crippen molar-refractivity contribution in [1.29, 1.82) is 0 Å². The van der Waals surface area contributed by atoms with Crippen molar-refractivity contribution in [3.8, 4) is 0 Å². The first kappa shape index (κ1) is 11.7. The van der Waals surface area contributed by atoms with Crippen LogP contribution in [0, 0.1) is 0 Å². The van der Waals surface area contributed by atoms with Gasteiger partial charge in [0.25, 0.3) is 5.91 Å². The van der Waals surface area contributed by atoms with Crippen LogP contribution in [-0.4, -0.2) is 11.8 Å². The molecule has 0 aromatic heterocycles. The van der Waals surface area contributed by atoms with Gasteiger partial charge in [0, 0.05) is 17.0 Å². The number of benzene rings is 1. The van der Waals surface area contributed by atoms with Crippen molar-refractivity contribution < 1.29 is 9.59 Å². The average Bonchev–Trinajstić information content (AvgIpc) is 2.18. The standard InChI is InChI=1S/C11H12ClNO2/c1-2-3-10(14)13-11(15)8-4-6-9(12)7-5-8/h4-7H,2-3H2,1H3,(H,13,14,15). The van der Waals surface area contributed by atoms with Crippen LogP contribution in [0.3, 0.4) is 0 Å². The Bertz CT molecular complexity index is 359. The second kappa shape index (κ2) is 5.51. The second-order valence-electron chi connectivity index (χ2n) is 3.13. The molecule has 0 unspecified atom stereocenters. The molecule has 0 saturated heterocycles. The summed E-state index contributed by atoms with van der Waals surface area (Å²) >= 11 is 5.67. The number of carbonyl (C=O) groups is 2. The summed E-state index contributed by atoms with van der Waals surface area (Å²) in [7, 11) is 0. The van der Waals surface area contributed by atoms with Crippen molar-refractivity contribution in [2.24, 2.45) is 0 Å². The van der Waals surface area contributed by atoms with Gasteiger partial charge in [-0.25, -0.2) is 0 Å². The molecular formula is C11H12ClNO2. The van der Waals surface area contributed by atoms with E-state index in [0.717, 1.165) is 6.42 Å². The number of carbonyl (C=O) groups excluding carboxylic acids is 2. The number of halogens is 1. The molecule has 1 aromatic rings. The smallest absolute Gasteiger partial charge is 0.257 e. The van der Waals surface area contributed by atoms with Crippen molar-refractivity contribution in [1.82, 2.24) is 5.32 Å². The topological polar surface area (TPSA) is 46.2 Å². The SMILES string of the molecule is CCCC(=O)NC(=O)c1ccc(Cl)cc1. The van der Waals surface area contributed by atoms with E-state index in [1.54, 1.807) is 24.3 Å². The fraction of sp³-hybridized carbons (Fsp3) is 0.273. The Kier molecular flexibility index (Phi) is 4.31. The maximum atomic E-state index is 11.5. The Morgan fingerprint density at radius 1 is 1.27 bits per heavy atom. The second-order valence-corrected chi connectivity index (χ2v) is 3.57. The van der Waals surface area contributed by atoms with E-state index in [4.69, 9.17) is 11.6 Å². The number of rotatable bonds is 3. The molecule has 80 valence electrons. The molecule has 1 N–H and O–H groups in total. The molecule has 0 saturated carbocycles. The molecular weight excluding hydrogens is 214 g/mol. The summed E-state index contributed by atoms with van der Waals surface area (Å²) in [6.45, 7) is 1.88. The van der Waals surface area contributed by atoms with Crippen molar-refractivity contribution in [2.75, 3.05) is 0 Å². The highest BCUT2D eigenvalue weighted by molar-refractivity contribution is 6.30. The van der Waals surface area contributed by atoms with E-state index in [9.17, 15) is 9.59 Å². The lowest BCUT2D eigenvalue weighted by Gasteiger charge is -2.02. The number of amides is 2. The van der Waals surface area contributed by atoms with Gasteiger partial charge >= 0.3 is 0 Å². The third kappa shape index (κ3) is 3.72. The van der Waals surface area contributed by atoms with Crippen LogP contribution in [0.4, 0.5) is 0 Å². The predicted octanol–water partition coefficient (Wildman–Crippen LogP) is 2.40. The summed E-state index contributed by atoms with van der Waals surface area (Å²) in [4.78, 5) is 22.6. The lowest BCUT2D eigenvalue weighted by Crippen LogP contribution is -2.29. The van der Waals surface area contributed by atoms with E-state index in [0.29, 0.717) is 17.0 Å². The van der Waals surface area contributed by atoms with Crippen LogP contribution in [-0.2, 0) is 4.79 Å². The number of hydrogen-bond donors (Lipinski definition) is 1. The molecule has 4 heteroatoms. The maximum absolute atomic E-state index is 11.5. The molecule has 0 atom stereocenters. The van der Waals surface area contributed by atoms with Gasteiger partial charge in [-0.2, -0.15) is 0 Å². The van der Waals surface area contributed by atoms with Gasteiger partial charge in [-0.1, -0.05) is 18.5 Å². The van der Waals surface area contributed by atoms with E-state index >= 15 is 0 Å². The first-order valence-electron chi connectivity index (χ1n) is 4.73. The van der Waals surface area contributed by atoms with Gasteiger partial charge in [0.2, 0.25) is 5.91 Å². The summed E-state index contributed by atoms with van der Waals surface area (Å²) in [5.41, 5.74) is 0.434. The molecule has 0 spiro atoms. The van der Waals surface area contributed by atoms with Gasteiger partial charge < -0.3 is 0 Å². The number of hydrogen-bond acceptors (Lipinski definition) is 2. The molecule has 1 aromatic carbocycles. The Morgan fingerprint density at radius 3 is 2.40 bits per heavy atom. The van der Waals surface area contributed by atoms with E-state index < -0.39 is 0 Å². The Labute approximate surface area is 93.4 Å². The van der Waals surface area contributed by atoms with Crippen LogP contribution in [0.2, 0.25) is 5.02 Å². The van der Waals surface area contributed by atoms with Crippen LogP contribution < -0.4 is 5.32 Å². The minimum Gasteiger partial charge on any atom is -0.292 e. The summed E-state index contributed by atoms with van der Waals surface area (Å²) < 4.78 is 0. The molecule has 0 bridgehead atoms. The lowest BCUT2D eigenvalue weighted by atomic mass is 10.2. The number of imide groups is 1. The van der Waals surface area contributed by atoms with E-state index in [1.165, 1.54) is 0 Å². The third-order valence-corrected chi connectivity index (χ3v) is 2.09. The van der Waals surface area contributed by atoms with Crippen LogP contribution >= 0.6 is 11.6 Å². The first-order valence-corrected chi connectivity index (χ1v) is 5.11. The van der Waals surface area contributed by atoms with Crippen LogP contribution in [0.15, 0.2) is 24.3 Å². The molecule has 3 nitrogen and oxygen atoms in total. The molecule has 1 rings (SSSR count). The molecule has 0 heterocycles. The van der Waals surface area contributed by atoms with Gasteiger partial charge in [-0.3, -0.25) is 14.9 Å². The average molecular weight is 226 g/mol. The largest absolute Gasteiger partial charge is 0.292 e. The predicted molar refractivity (Wildman–Crippen MR) is 58.8 cm³/mol. The summed E-state index contributed by atoms with van der Waals surface area (Å²) in [5.74, 6) is -0.637. The van der Waals surface area contributed by atoms with Crippen LogP contribution in [0.25, 0.3) is 0 Å². The van der Waals surface area contributed by atoms with Crippen molar-refractivity contribution in [3.05, 3.63) is 34.9 Å². The molecule has 0 fully saturated rings. The van der Waals surface area contributed by atoms with Gasteiger partial charge in [0.05, 0.1) is 0 Å². The highest BCUT2D eigenvalue weighted by Crippen LogP contribution is 2.09. The van der Waals surface area contributed by atoms with Gasteiger partial charge in [-0.15, -0.1) is 0 Å². The normalized spacial score (nSPS) is 9.73. The zero-order valence-electron chi connectivity index (χ0n) is 8.42. The molecule has 2 amide bonds. The minimum atomic E-state index is -0.384. The third-order valence-electron chi connectivity index (χ3n) is 1.84. The lowest BCUT2D eigenvalue weighted by molar-refractivity contribution is -0.120. The summed E-state index contributed by atoms with van der Waals surface area (Å²) in [6.07, 6.45) is 1.08. The molecule has 15 heavy (non-hydrogen) atoms. The zero-order chi connectivity index (χ0) is 11.3. The van der Waals surface area contributed by atoms with Crippen molar-refractivity contribution >= 4 is 23.4 Å². The Hall–Kier alpha value is -1.35. The quantitative estimate of drug-likeness (QED) is 0.859. The minimum absolute atomic E-state index is 0.252. The van der Waals surface area contributed by atoms with Gasteiger partial charge in [0.1, 0.15) is 0 Å². The highest BCUT2D eigenvalue weighted by atomic mass is 35.5. The fourth-order valence-electron chi connectivity index (χ4n) is 1.09. The van der Waals surface area contributed by atoms with Crippen molar-refractivity contribution in [2.45, 2.75) is 19.8 Å². The van der Waals surface area contributed by atoms with Gasteiger partial charge in [0.15, 0.2) is 0 Å². The molecule has 0 radical (unpaired) electrons. The molecule has 0 aliphatic carbocycles. The Morgan fingerprint density at radius 2 is 1.87 bits per heavy atom. The number of nitrogens with one attached hydrogen (secondary N) is 1. The first-order chi connectivity index (χ1) is 7.13. The van der Waals surface area contributed by atoms with E-state index in [-0.39, 0.29) is 11.8 Å². The van der Waals surface area contributed by atoms with Crippen molar-refractivity contribution in [3.63, 3.8) is 0 Å². The molecule has 0 aliphatic heterocycles. The van der Waals surface area contributed by atoms with Crippen LogP contribution in [0.5, 0.6) is 0 Å². The van der Waals surface area contributed by atoms with Gasteiger partial charge in [-0.05, 0) is 30.7 Å². The fourth-order valence-corrected chi connectivity index (χ4v) is 1.22. The monoisotopic (exact) mass is 225 g/mol. The summed E-state index contributed by atoms with van der Waals surface area (Å²) in [6, 6.07) is 6.38. The van der Waals surface area contributed by atoms with E-state index in [1.807, 2.05) is 6.92 Å². The van der Waals surface area contributed by atoms with Crippen LogP contribution in [0.1, 0.15) is 30.1 Å².